The lowest BCUT2D eigenvalue weighted by Gasteiger charge is -2.21. The Labute approximate surface area is 139 Å². The summed E-state index contributed by atoms with van der Waals surface area (Å²) in [4.78, 5) is 16.1. The van der Waals surface area contributed by atoms with Crippen LogP contribution in [0.3, 0.4) is 0 Å². The molecule has 0 spiro atoms. The first kappa shape index (κ1) is 16.4. The number of hydrogen-bond acceptors (Lipinski definition) is 5. The van der Waals surface area contributed by atoms with Gasteiger partial charge < -0.3 is 18.8 Å². The van der Waals surface area contributed by atoms with E-state index in [1.54, 1.807) is 31.5 Å². The van der Waals surface area contributed by atoms with Gasteiger partial charge in [-0.1, -0.05) is 0 Å². The number of carbonyl (C=O) groups is 1. The first-order valence-electron chi connectivity index (χ1n) is 7.59. The second-order valence-electron chi connectivity index (χ2n) is 6.60. The van der Waals surface area contributed by atoms with Gasteiger partial charge in [-0.15, -0.1) is 0 Å². The zero-order valence-corrected chi connectivity index (χ0v) is 13.8. The van der Waals surface area contributed by atoms with Crippen molar-refractivity contribution >= 4 is 5.97 Å². The smallest absolute Gasteiger partial charge is 0.359 e. The number of rotatable bonds is 3. The first-order valence-corrected chi connectivity index (χ1v) is 7.59. The lowest BCUT2D eigenvalue weighted by molar-refractivity contribution is -0.0173. The van der Waals surface area contributed by atoms with Crippen molar-refractivity contribution < 1.29 is 23.4 Å². The minimum atomic E-state index is -0.587. The summed E-state index contributed by atoms with van der Waals surface area (Å²) in [6, 6.07) is 2.81. The summed E-state index contributed by atoms with van der Waals surface area (Å²) < 4.78 is 31.4. The molecular formula is C17H19FN2O4. The van der Waals surface area contributed by atoms with Crippen molar-refractivity contribution in [3.8, 4) is 5.75 Å². The van der Waals surface area contributed by atoms with E-state index in [1.165, 1.54) is 18.5 Å². The molecule has 2 heterocycles. The number of ether oxygens (including phenoxy) is 3. The average Bonchev–Trinajstić information content (AvgIpc) is 2.94. The molecule has 0 atom stereocenters. The number of fused-ring (bicyclic) bond motifs is 1. The molecule has 1 aromatic heterocycles. The van der Waals surface area contributed by atoms with Gasteiger partial charge in [0, 0.05) is 17.3 Å². The molecule has 1 aromatic carbocycles. The molecule has 24 heavy (non-hydrogen) atoms. The van der Waals surface area contributed by atoms with E-state index in [-0.39, 0.29) is 18.3 Å². The van der Waals surface area contributed by atoms with E-state index in [9.17, 15) is 9.18 Å². The molecule has 0 saturated carbocycles. The fourth-order valence-electron chi connectivity index (χ4n) is 2.45. The topological polar surface area (TPSA) is 62.6 Å². The highest BCUT2D eigenvalue weighted by atomic mass is 19.1. The zero-order valence-electron chi connectivity index (χ0n) is 13.8. The Balaban J connectivity index is 1.80. The highest BCUT2D eigenvalue weighted by molar-refractivity contribution is 5.87. The Morgan fingerprint density at radius 2 is 2.21 bits per heavy atom. The molecule has 7 heteroatoms. The van der Waals surface area contributed by atoms with Gasteiger partial charge in [0.15, 0.2) is 12.5 Å². The van der Waals surface area contributed by atoms with Crippen LogP contribution in [-0.4, -0.2) is 27.9 Å². The van der Waals surface area contributed by atoms with Gasteiger partial charge in [-0.05, 0) is 32.9 Å². The molecule has 0 saturated heterocycles. The van der Waals surface area contributed by atoms with E-state index in [2.05, 4.69) is 4.98 Å². The van der Waals surface area contributed by atoms with Crippen LogP contribution in [-0.2, 0) is 22.6 Å². The molecular weight excluding hydrogens is 315 g/mol. The summed E-state index contributed by atoms with van der Waals surface area (Å²) in [5.41, 5.74) is 0.959. The lowest BCUT2D eigenvalue weighted by atomic mass is 10.1. The van der Waals surface area contributed by atoms with Gasteiger partial charge >= 0.3 is 5.97 Å². The predicted molar refractivity (Wildman–Crippen MR) is 83.2 cm³/mol. The van der Waals surface area contributed by atoms with Crippen LogP contribution in [0, 0.1) is 5.82 Å². The van der Waals surface area contributed by atoms with E-state index in [0.29, 0.717) is 30.0 Å². The van der Waals surface area contributed by atoms with Crippen molar-refractivity contribution in [2.75, 3.05) is 6.79 Å². The van der Waals surface area contributed by atoms with Crippen molar-refractivity contribution in [1.82, 2.24) is 9.55 Å². The Hall–Kier alpha value is -2.41. The van der Waals surface area contributed by atoms with Gasteiger partial charge in [-0.25, -0.2) is 14.2 Å². The maximum Gasteiger partial charge on any atom is 0.359 e. The molecule has 0 unspecified atom stereocenters. The van der Waals surface area contributed by atoms with Crippen molar-refractivity contribution in [2.24, 2.45) is 0 Å². The van der Waals surface area contributed by atoms with Crippen molar-refractivity contribution in [3.05, 3.63) is 47.3 Å². The Morgan fingerprint density at radius 3 is 2.96 bits per heavy atom. The molecule has 0 fully saturated rings. The normalized spacial score (nSPS) is 14.0. The molecule has 128 valence electrons. The Kier molecular flexibility index (Phi) is 4.28. The lowest BCUT2D eigenvalue weighted by Crippen LogP contribution is -2.24. The van der Waals surface area contributed by atoms with Crippen molar-refractivity contribution in [3.63, 3.8) is 0 Å². The number of carbonyl (C=O) groups excluding carboxylic acids is 1. The third-order valence-corrected chi connectivity index (χ3v) is 3.35. The number of aromatic nitrogens is 2. The van der Waals surface area contributed by atoms with Crippen LogP contribution < -0.4 is 4.74 Å². The summed E-state index contributed by atoms with van der Waals surface area (Å²) in [5.74, 6) is -0.229. The van der Waals surface area contributed by atoms with Gasteiger partial charge in [-0.2, -0.15) is 0 Å². The number of halogens is 1. The Bertz CT molecular complexity index is 764. The van der Waals surface area contributed by atoms with E-state index < -0.39 is 11.6 Å². The molecule has 0 aliphatic carbocycles. The number of nitrogens with zero attached hydrogens (tertiary/aromatic N) is 2. The Morgan fingerprint density at radius 1 is 1.42 bits per heavy atom. The van der Waals surface area contributed by atoms with Crippen LogP contribution >= 0.6 is 0 Å². The summed E-state index contributed by atoms with van der Waals surface area (Å²) in [6.07, 6.45) is 3.08. The van der Waals surface area contributed by atoms with Crippen LogP contribution in [0.15, 0.2) is 24.7 Å². The third kappa shape index (κ3) is 3.73. The van der Waals surface area contributed by atoms with Gasteiger partial charge in [0.1, 0.15) is 17.2 Å². The zero-order chi connectivity index (χ0) is 17.3. The van der Waals surface area contributed by atoms with E-state index in [4.69, 9.17) is 14.2 Å². The molecule has 0 radical (unpaired) electrons. The predicted octanol–water partition coefficient (Wildman–Crippen LogP) is 2.89. The molecule has 0 bridgehead atoms. The van der Waals surface area contributed by atoms with Crippen LogP contribution in [0.2, 0.25) is 0 Å². The third-order valence-electron chi connectivity index (χ3n) is 3.35. The number of esters is 1. The minimum Gasteiger partial charge on any atom is -0.467 e. The largest absolute Gasteiger partial charge is 0.467 e. The number of hydrogen-bond donors (Lipinski definition) is 0. The molecule has 6 nitrogen and oxygen atoms in total. The number of imidazole rings is 1. The molecule has 1 aliphatic heterocycles. The van der Waals surface area contributed by atoms with Gasteiger partial charge in [-0.3, -0.25) is 0 Å². The van der Waals surface area contributed by atoms with Crippen molar-refractivity contribution in [1.29, 1.82) is 0 Å². The maximum atomic E-state index is 13.8. The van der Waals surface area contributed by atoms with Crippen LogP contribution in [0.5, 0.6) is 5.75 Å². The molecule has 3 rings (SSSR count). The quantitative estimate of drug-likeness (QED) is 0.808. The van der Waals surface area contributed by atoms with E-state index >= 15 is 0 Å². The van der Waals surface area contributed by atoms with Crippen LogP contribution in [0.1, 0.15) is 42.4 Å². The summed E-state index contributed by atoms with van der Waals surface area (Å²) in [7, 11) is 0. The van der Waals surface area contributed by atoms with E-state index in [1.807, 2.05) is 0 Å². The molecule has 2 aromatic rings. The second kappa shape index (κ2) is 6.24. The molecule has 0 amide bonds. The summed E-state index contributed by atoms with van der Waals surface area (Å²) in [5, 5.41) is 0. The van der Waals surface area contributed by atoms with Crippen molar-refractivity contribution in [2.45, 2.75) is 39.5 Å². The SMILES string of the molecule is CC(C)(C)OC(=O)c1cn(Cc2cc(F)cc3c2OCOC3)cn1. The second-order valence-corrected chi connectivity index (χ2v) is 6.60. The average molecular weight is 334 g/mol. The van der Waals surface area contributed by atoms with Gasteiger partial charge in [0.2, 0.25) is 0 Å². The molecule has 1 aliphatic rings. The first-order chi connectivity index (χ1) is 11.3. The fourth-order valence-corrected chi connectivity index (χ4v) is 2.45. The summed E-state index contributed by atoms with van der Waals surface area (Å²) in [6.45, 7) is 6.16. The van der Waals surface area contributed by atoms with Gasteiger partial charge in [0.05, 0.1) is 19.5 Å². The monoisotopic (exact) mass is 334 g/mol. The highest BCUT2D eigenvalue weighted by Crippen LogP contribution is 2.30. The maximum absolute atomic E-state index is 13.8. The fraction of sp³-hybridized carbons (Fsp3) is 0.412. The van der Waals surface area contributed by atoms with Crippen LogP contribution in [0.25, 0.3) is 0 Å². The highest BCUT2D eigenvalue weighted by Gasteiger charge is 2.21. The minimum absolute atomic E-state index is 0.138. The van der Waals surface area contributed by atoms with Crippen LogP contribution in [0.4, 0.5) is 4.39 Å². The van der Waals surface area contributed by atoms with Gasteiger partial charge in [0.25, 0.3) is 0 Å². The van der Waals surface area contributed by atoms with E-state index in [0.717, 1.165) is 0 Å². The standard InChI is InChI=1S/C17H19FN2O4/c1-17(2,3)24-16(21)14-7-20(9-19-14)6-11-4-13(18)5-12-8-22-10-23-15(11)12/h4-5,7,9H,6,8,10H2,1-3H3. The summed E-state index contributed by atoms with van der Waals surface area (Å²) >= 11 is 0. The molecule has 0 N–H and O–H groups in total. The number of benzene rings is 1.